The van der Waals surface area contributed by atoms with E-state index < -0.39 is 14.6 Å². The molecule has 0 atom stereocenters. The van der Waals surface area contributed by atoms with Gasteiger partial charge in [-0.15, -0.1) is 11.3 Å². The van der Waals surface area contributed by atoms with Gasteiger partial charge in [-0.2, -0.15) is 0 Å². The fourth-order valence-corrected chi connectivity index (χ4v) is 3.40. The zero-order valence-corrected chi connectivity index (χ0v) is 12.8. The van der Waals surface area contributed by atoms with Gasteiger partial charge in [0.1, 0.15) is 0 Å². The summed E-state index contributed by atoms with van der Waals surface area (Å²) in [7, 11) is -3.12. The molecule has 0 spiro atoms. The molecular formula is C14H18O2S2. The largest absolute Gasteiger partial charge is 0.228 e. The number of hydrogen-bond acceptors (Lipinski definition) is 3. The van der Waals surface area contributed by atoms with E-state index in [-0.39, 0.29) is 0 Å². The molecule has 2 rings (SSSR count). The zero-order chi connectivity index (χ0) is 13.6. The molecule has 0 aliphatic rings. The second-order valence-corrected chi connectivity index (χ2v) is 8.83. The minimum atomic E-state index is -3.12. The monoisotopic (exact) mass is 282 g/mol. The standard InChI is InChI=1S/C14H18O2S2/c1-5-12-9-10-8-11(6-7-13(10)17-12)14(2,3)18(4,15)16/h6-9H,5H2,1-4H3. The van der Waals surface area contributed by atoms with Crippen LogP contribution in [0.2, 0.25) is 0 Å². The van der Waals surface area contributed by atoms with Gasteiger partial charge in [-0.1, -0.05) is 13.0 Å². The van der Waals surface area contributed by atoms with Crippen molar-refractivity contribution in [3.05, 3.63) is 34.7 Å². The maximum Gasteiger partial charge on any atom is 0.156 e. The van der Waals surface area contributed by atoms with Crippen molar-refractivity contribution in [3.63, 3.8) is 0 Å². The van der Waals surface area contributed by atoms with E-state index in [0.717, 1.165) is 17.4 Å². The van der Waals surface area contributed by atoms with Crippen molar-refractivity contribution >= 4 is 31.3 Å². The van der Waals surface area contributed by atoms with E-state index in [4.69, 9.17) is 0 Å². The van der Waals surface area contributed by atoms with E-state index in [1.165, 1.54) is 15.8 Å². The Kier molecular flexibility index (Phi) is 3.28. The van der Waals surface area contributed by atoms with Gasteiger partial charge in [-0.25, -0.2) is 8.42 Å². The lowest BCUT2D eigenvalue weighted by Crippen LogP contribution is -2.27. The molecule has 0 bridgehead atoms. The van der Waals surface area contributed by atoms with E-state index in [1.54, 1.807) is 25.2 Å². The summed E-state index contributed by atoms with van der Waals surface area (Å²) in [5.41, 5.74) is 0.859. The summed E-state index contributed by atoms with van der Waals surface area (Å²) in [6, 6.07) is 8.12. The number of hydrogen-bond donors (Lipinski definition) is 0. The van der Waals surface area contributed by atoms with E-state index in [1.807, 2.05) is 18.2 Å². The molecule has 0 N–H and O–H groups in total. The van der Waals surface area contributed by atoms with Crippen molar-refractivity contribution in [2.75, 3.05) is 6.26 Å². The Morgan fingerprint density at radius 3 is 2.44 bits per heavy atom. The second kappa shape index (κ2) is 4.35. The highest BCUT2D eigenvalue weighted by Crippen LogP contribution is 2.34. The molecule has 2 nitrogen and oxygen atoms in total. The topological polar surface area (TPSA) is 34.1 Å². The number of benzene rings is 1. The molecule has 98 valence electrons. The molecule has 0 aliphatic heterocycles. The SMILES string of the molecule is CCc1cc2cc(C(C)(C)S(C)(=O)=O)ccc2s1. The van der Waals surface area contributed by atoms with Crippen LogP contribution in [0.5, 0.6) is 0 Å². The minimum Gasteiger partial charge on any atom is -0.228 e. The first-order valence-electron chi connectivity index (χ1n) is 5.98. The fourth-order valence-electron chi connectivity index (χ4n) is 1.86. The Morgan fingerprint density at radius 1 is 1.22 bits per heavy atom. The van der Waals surface area contributed by atoms with Crippen molar-refractivity contribution in [3.8, 4) is 0 Å². The Balaban J connectivity index is 2.60. The highest BCUT2D eigenvalue weighted by Gasteiger charge is 2.32. The van der Waals surface area contributed by atoms with Gasteiger partial charge in [0.05, 0.1) is 4.75 Å². The molecule has 1 aromatic heterocycles. The summed E-state index contributed by atoms with van der Waals surface area (Å²) in [6.45, 7) is 5.65. The van der Waals surface area contributed by atoms with Crippen molar-refractivity contribution in [1.29, 1.82) is 0 Å². The Labute approximate surface area is 113 Å². The number of rotatable bonds is 3. The lowest BCUT2D eigenvalue weighted by Gasteiger charge is -2.23. The number of sulfone groups is 1. The van der Waals surface area contributed by atoms with E-state index >= 15 is 0 Å². The average Bonchev–Trinajstić information content (AvgIpc) is 2.68. The fraction of sp³-hybridized carbons (Fsp3) is 0.429. The smallest absolute Gasteiger partial charge is 0.156 e. The lowest BCUT2D eigenvalue weighted by molar-refractivity contribution is 0.561. The number of fused-ring (bicyclic) bond motifs is 1. The molecule has 4 heteroatoms. The third kappa shape index (κ3) is 2.19. The Hall–Kier alpha value is -0.870. The van der Waals surface area contributed by atoms with Crippen LogP contribution in [0.25, 0.3) is 10.1 Å². The van der Waals surface area contributed by atoms with E-state index in [9.17, 15) is 8.42 Å². The van der Waals surface area contributed by atoms with Gasteiger partial charge in [0.25, 0.3) is 0 Å². The Morgan fingerprint density at radius 2 is 1.89 bits per heavy atom. The van der Waals surface area contributed by atoms with Gasteiger partial charge in [-0.05, 0) is 49.4 Å². The molecule has 0 unspecified atom stereocenters. The van der Waals surface area contributed by atoms with Crippen LogP contribution in [0.1, 0.15) is 31.2 Å². The van der Waals surface area contributed by atoms with Crippen LogP contribution in [0, 0.1) is 0 Å². The molecule has 0 radical (unpaired) electrons. The molecule has 1 aromatic carbocycles. The van der Waals surface area contributed by atoms with Gasteiger partial charge < -0.3 is 0 Å². The highest BCUT2D eigenvalue weighted by molar-refractivity contribution is 7.91. The van der Waals surface area contributed by atoms with Crippen molar-refractivity contribution in [1.82, 2.24) is 0 Å². The van der Waals surface area contributed by atoms with Crippen molar-refractivity contribution < 1.29 is 8.42 Å². The first-order chi connectivity index (χ1) is 8.25. The van der Waals surface area contributed by atoms with Crippen molar-refractivity contribution in [2.24, 2.45) is 0 Å². The third-order valence-electron chi connectivity index (χ3n) is 3.54. The van der Waals surface area contributed by atoms with Crippen LogP contribution in [0.3, 0.4) is 0 Å². The number of aryl methyl sites for hydroxylation is 1. The molecule has 0 saturated carbocycles. The summed E-state index contributed by atoms with van der Waals surface area (Å²) in [5.74, 6) is 0. The summed E-state index contributed by atoms with van der Waals surface area (Å²) in [4.78, 5) is 1.33. The molecular weight excluding hydrogens is 264 g/mol. The van der Waals surface area contributed by atoms with E-state index in [0.29, 0.717) is 0 Å². The maximum atomic E-state index is 11.9. The molecule has 0 saturated heterocycles. The normalized spacial score (nSPS) is 13.1. The quantitative estimate of drug-likeness (QED) is 0.859. The summed E-state index contributed by atoms with van der Waals surface area (Å²) >= 11 is 1.77. The van der Waals surface area contributed by atoms with Crippen LogP contribution in [-0.4, -0.2) is 14.7 Å². The van der Waals surface area contributed by atoms with Crippen LogP contribution >= 0.6 is 11.3 Å². The minimum absolute atomic E-state index is 0.838. The molecule has 1 heterocycles. The van der Waals surface area contributed by atoms with Crippen LogP contribution < -0.4 is 0 Å². The first kappa shape index (κ1) is 13.6. The predicted octanol–water partition coefficient (Wildman–Crippen LogP) is 3.74. The predicted molar refractivity (Wildman–Crippen MR) is 79.1 cm³/mol. The van der Waals surface area contributed by atoms with Gasteiger partial charge in [0.2, 0.25) is 0 Å². The Bertz CT molecular complexity index is 679. The highest BCUT2D eigenvalue weighted by atomic mass is 32.2. The number of thiophene rings is 1. The molecule has 0 fully saturated rings. The molecule has 18 heavy (non-hydrogen) atoms. The van der Waals surface area contributed by atoms with Gasteiger partial charge in [-0.3, -0.25) is 0 Å². The lowest BCUT2D eigenvalue weighted by atomic mass is 10.0. The van der Waals surface area contributed by atoms with Crippen molar-refractivity contribution in [2.45, 2.75) is 31.9 Å². The molecule has 0 amide bonds. The summed E-state index contributed by atoms with van der Waals surface area (Å²) < 4.78 is 24.1. The van der Waals surface area contributed by atoms with Crippen LogP contribution in [0.4, 0.5) is 0 Å². The first-order valence-corrected chi connectivity index (χ1v) is 8.69. The second-order valence-electron chi connectivity index (χ2n) is 5.10. The van der Waals surface area contributed by atoms with E-state index in [2.05, 4.69) is 13.0 Å². The summed E-state index contributed by atoms with van der Waals surface area (Å²) in [5, 5.41) is 1.14. The average molecular weight is 282 g/mol. The van der Waals surface area contributed by atoms with Crippen LogP contribution in [-0.2, 0) is 21.0 Å². The molecule has 0 aliphatic carbocycles. The maximum absolute atomic E-state index is 11.9. The zero-order valence-electron chi connectivity index (χ0n) is 11.1. The van der Waals surface area contributed by atoms with Gasteiger partial charge >= 0.3 is 0 Å². The summed E-state index contributed by atoms with van der Waals surface area (Å²) in [6.07, 6.45) is 2.31. The van der Waals surface area contributed by atoms with Crippen LogP contribution in [0.15, 0.2) is 24.3 Å². The van der Waals surface area contributed by atoms with Gasteiger partial charge in [0.15, 0.2) is 9.84 Å². The third-order valence-corrected chi connectivity index (χ3v) is 6.89. The molecule has 2 aromatic rings. The van der Waals surface area contributed by atoms with Gasteiger partial charge in [0, 0.05) is 15.8 Å².